The van der Waals surface area contributed by atoms with Gasteiger partial charge < -0.3 is 10.0 Å². The first-order valence-corrected chi connectivity index (χ1v) is 9.37. The first-order chi connectivity index (χ1) is 9.54. The van der Waals surface area contributed by atoms with Crippen molar-refractivity contribution in [2.45, 2.75) is 58.1 Å². The number of likely N-dealkylation sites (tertiary alicyclic amines) is 1. The number of hydrogen-bond donors (Lipinski definition) is 1. The van der Waals surface area contributed by atoms with Crippen molar-refractivity contribution in [2.75, 3.05) is 25.4 Å². The molecule has 0 saturated carbocycles. The molecule has 1 aliphatic heterocycles. The van der Waals surface area contributed by atoms with Crippen molar-refractivity contribution in [3.63, 3.8) is 0 Å². The Morgan fingerprint density at radius 2 is 1.95 bits per heavy atom. The second-order valence-corrected chi connectivity index (χ2v) is 10.0. The average molecular weight is 319 g/mol. The van der Waals surface area contributed by atoms with Gasteiger partial charge in [-0.15, -0.1) is 0 Å². The molecule has 1 atom stereocenters. The van der Waals surface area contributed by atoms with Crippen LogP contribution in [0.2, 0.25) is 0 Å². The van der Waals surface area contributed by atoms with E-state index in [1.54, 1.807) is 20.8 Å². The summed E-state index contributed by atoms with van der Waals surface area (Å²) >= 11 is 0. The van der Waals surface area contributed by atoms with Crippen LogP contribution in [-0.2, 0) is 14.6 Å². The number of hydrogen-bond acceptors (Lipinski definition) is 4. The molecule has 0 amide bonds. The van der Waals surface area contributed by atoms with Gasteiger partial charge in [0.2, 0.25) is 0 Å². The standard InChI is InChI=1S/C15H29NO4S/c1-5-7-15(13(17)18)8-6-9-16(12-15)10-11-21(19,20)14(2,3)4/h5-12H2,1-4H3,(H,17,18). The summed E-state index contributed by atoms with van der Waals surface area (Å²) in [5, 5.41) is 9.55. The van der Waals surface area contributed by atoms with Crippen LogP contribution in [0, 0.1) is 5.41 Å². The molecular formula is C15H29NO4S. The van der Waals surface area contributed by atoms with Crippen molar-refractivity contribution in [1.82, 2.24) is 4.90 Å². The summed E-state index contributed by atoms with van der Waals surface area (Å²) in [7, 11) is -3.16. The van der Waals surface area contributed by atoms with Crippen LogP contribution in [0.3, 0.4) is 0 Å². The maximum atomic E-state index is 12.2. The summed E-state index contributed by atoms with van der Waals surface area (Å²) in [6.45, 7) is 8.80. The molecule has 1 fully saturated rings. The zero-order chi connectivity index (χ0) is 16.3. The summed E-state index contributed by atoms with van der Waals surface area (Å²) in [4.78, 5) is 13.6. The van der Waals surface area contributed by atoms with Crippen molar-refractivity contribution < 1.29 is 18.3 Å². The average Bonchev–Trinajstić information content (AvgIpc) is 2.36. The summed E-state index contributed by atoms with van der Waals surface area (Å²) in [5.74, 6) is -0.647. The number of carboxylic acids is 1. The summed E-state index contributed by atoms with van der Waals surface area (Å²) in [5.41, 5.74) is -0.696. The SMILES string of the molecule is CCCC1(C(=O)O)CCCN(CCS(=O)(=O)C(C)(C)C)C1. The van der Waals surface area contributed by atoms with Gasteiger partial charge in [-0.05, 0) is 46.6 Å². The van der Waals surface area contributed by atoms with Gasteiger partial charge in [0, 0.05) is 13.1 Å². The van der Waals surface area contributed by atoms with E-state index in [1.807, 2.05) is 11.8 Å². The molecule has 0 aliphatic carbocycles. The minimum atomic E-state index is -3.16. The van der Waals surface area contributed by atoms with Gasteiger partial charge in [0.05, 0.1) is 15.9 Å². The maximum Gasteiger partial charge on any atom is 0.310 e. The summed E-state index contributed by atoms with van der Waals surface area (Å²) < 4.78 is 23.6. The van der Waals surface area contributed by atoms with E-state index in [0.717, 1.165) is 19.4 Å². The molecule has 0 aromatic carbocycles. The largest absolute Gasteiger partial charge is 0.481 e. The second kappa shape index (κ2) is 6.65. The number of aliphatic carboxylic acids is 1. The van der Waals surface area contributed by atoms with Crippen LogP contribution in [0.25, 0.3) is 0 Å². The molecule has 0 spiro atoms. The first-order valence-electron chi connectivity index (χ1n) is 7.72. The lowest BCUT2D eigenvalue weighted by Gasteiger charge is -2.40. The van der Waals surface area contributed by atoms with Gasteiger partial charge in [0.25, 0.3) is 0 Å². The molecule has 5 nitrogen and oxygen atoms in total. The van der Waals surface area contributed by atoms with Gasteiger partial charge in [-0.25, -0.2) is 8.42 Å². The van der Waals surface area contributed by atoms with E-state index in [2.05, 4.69) is 0 Å². The van der Waals surface area contributed by atoms with E-state index in [9.17, 15) is 18.3 Å². The molecule has 1 saturated heterocycles. The number of carboxylic acid groups (broad SMARTS) is 1. The number of carbonyl (C=O) groups is 1. The predicted octanol–water partition coefficient (Wildman–Crippen LogP) is 2.17. The quantitative estimate of drug-likeness (QED) is 0.812. The molecule has 1 heterocycles. The van der Waals surface area contributed by atoms with Crippen molar-refractivity contribution in [3.05, 3.63) is 0 Å². The van der Waals surface area contributed by atoms with E-state index in [-0.39, 0.29) is 5.75 Å². The van der Waals surface area contributed by atoms with Crippen LogP contribution in [0.1, 0.15) is 53.4 Å². The van der Waals surface area contributed by atoms with Gasteiger partial charge in [-0.2, -0.15) is 0 Å². The molecule has 1 unspecified atom stereocenters. The summed E-state index contributed by atoms with van der Waals surface area (Å²) in [6.07, 6.45) is 3.01. The number of piperidine rings is 1. The van der Waals surface area contributed by atoms with Crippen molar-refractivity contribution in [3.8, 4) is 0 Å². The molecule has 1 N–H and O–H groups in total. The van der Waals surface area contributed by atoms with Crippen LogP contribution >= 0.6 is 0 Å². The van der Waals surface area contributed by atoms with Gasteiger partial charge in [0.1, 0.15) is 0 Å². The lowest BCUT2D eigenvalue weighted by atomic mass is 9.76. The number of nitrogens with zero attached hydrogens (tertiary/aromatic N) is 1. The molecular weight excluding hydrogens is 290 g/mol. The second-order valence-electron chi connectivity index (χ2n) is 7.15. The minimum absolute atomic E-state index is 0.0956. The first kappa shape index (κ1) is 18.4. The zero-order valence-corrected chi connectivity index (χ0v) is 14.5. The fraction of sp³-hybridized carbons (Fsp3) is 0.933. The molecule has 0 radical (unpaired) electrons. The Labute approximate surface area is 128 Å². The van der Waals surface area contributed by atoms with Crippen LogP contribution in [0.15, 0.2) is 0 Å². The third-order valence-corrected chi connectivity index (χ3v) is 7.03. The smallest absolute Gasteiger partial charge is 0.310 e. The minimum Gasteiger partial charge on any atom is -0.481 e. The van der Waals surface area contributed by atoms with Gasteiger partial charge in [-0.1, -0.05) is 13.3 Å². The third kappa shape index (κ3) is 4.42. The molecule has 21 heavy (non-hydrogen) atoms. The monoisotopic (exact) mass is 319 g/mol. The van der Waals surface area contributed by atoms with Gasteiger partial charge in [0.15, 0.2) is 9.84 Å². The Balaban J connectivity index is 2.72. The number of sulfone groups is 1. The van der Waals surface area contributed by atoms with Gasteiger partial charge in [-0.3, -0.25) is 4.79 Å². The van der Waals surface area contributed by atoms with Crippen molar-refractivity contribution in [1.29, 1.82) is 0 Å². The number of rotatable bonds is 6. The Morgan fingerprint density at radius 3 is 2.43 bits per heavy atom. The van der Waals surface area contributed by atoms with E-state index in [1.165, 1.54) is 0 Å². The van der Waals surface area contributed by atoms with Crippen LogP contribution in [0.5, 0.6) is 0 Å². The molecule has 124 valence electrons. The van der Waals surface area contributed by atoms with Crippen molar-refractivity contribution in [2.24, 2.45) is 5.41 Å². The lowest BCUT2D eigenvalue weighted by Crippen LogP contribution is -2.49. The lowest BCUT2D eigenvalue weighted by molar-refractivity contribution is -0.153. The predicted molar refractivity (Wildman–Crippen MR) is 84.2 cm³/mol. The molecule has 1 aliphatic rings. The molecule has 6 heteroatoms. The Hall–Kier alpha value is -0.620. The highest BCUT2D eigenvalue weighted by Crippen LogP contribution is 2.35. The molecule has 1 rings (SSSR count). The Morgan fingerprint density at radius 1 is 1.33 bits per heavy atom. The molecule has 0 bridgehead atoms. The molecule has 0 aromatic heterocycles. The topological polar surface area (TPSA) is 74.7 Å². The molecule has 0 aromatic rings. The van der Waals surface area contributed by atoms with E-state index in [0.29, 0.717) is 25.9 Å². The third-order valence-electron chi connectivity index (χ3n) is 4.45. The highest BCUT2D eigenvalue weighted by Gasteiger charge is 2.41. The van der Waals surface area contributed by atoms with E-state index >= 15 is 0 Å². The van der Waals surface area contributed by atoms with E-state index < -0.39 is 26.0 Å². The van der Waals surface area contributed by atoms with Crippen LogP contribution in [0.4, 0.5) is 0 Å². The summed E-state index contributed by atoms with van der Waals surface area (Å²) in [6, 6.07) is 0. The highest BCUT2D eigenvalue weighted by molar-refractivity contribution is 7.92. The maximum absolute atomic E-state index is 12.2. The fourth-order valence-corrected chi connectivity index (χ4v) is 4.05. The van der Waals surface area contributed by atoms with Crippen LogP contribution < -0.4 is 0 Å². The fourth-order valence-electron chi connectivity index (χ4n) is 2.94. The Bertz CT molecular complexity index is 463. The van der Waals surface area contributed by atoms with E-state index in [4.69, 9.17) is 0 Å². The highest BCUT2D eigenvalue weighted by atomic mass is 32.2. The van der Waals surface area contributed by atoms with Crippen molar-refractivity contribution >= 4 is 15.8 Å². The Kier molecular flexibility index (Phi) is 5.83. The zero-order valence-electron chi connectivity index (χ0n) is 13.7. The normalized spacial score (nSPS) is 25.0. The van der Waals surface area contributed by atoms with Gasteiger partial charge >= 0.3 is 5.97 Å². The van der Waals surface area contributed by atoms with Crippen LogP contribution in [-0.4, -0.2) is 54.5 Å².